The van der Waals surface area contributed by atoms with Gasteiger partial charge in [-0.3, -0.25) is 14.1 Å². The van der Waals surface area contributed by atoms with Gasteiger partial charge in [-0.15, -0.1) is 10.2 Å². The fourth-order valence-corrected chi connectivity index (χ4v) is 4.59. The highest BCUT2D eigenvalue weighted by Crippen LogP contribution is 2.29. The van der Waals surface area contributed by atoms with E-state index in [0.29, 0.717) is 17.5 Å². The Bertz CT molecular complexity index is 1280. The molecule has 8 nitrogen and oxygen atoms in total. The van der Waals surface area contributed by atoms with Crippen LogP contribution in [0.4, 0.5) is 0 Å². The summed E-state index contributed by atoms with van der Waals surface area (Å²) >= 11 is 6.74. The molecule has 0 saturated carbocycles. The first-order chi connectivity index (χ1) is 16.5. The number of H-pyrrole nitrogens is 1. The van der Waals surface area contributed by atoms with Crippen molar-refractivity contribution >= 4 is 11.6 Å². The summed E-state index contributed by atoms with van der Waals surface area (Å²) in [6.45, 7) is 6.76. The van der Waals surface area contributed by atoms with Gasteiger partial charge in [0.2, 0.25) is 5.82 Å². The Balaban J connectivity index is 1.65. The maximum absolute atomic E-state index is 13.3. The minimum atomic E-state index is -0.0402. The predicted octanol–water partition coefficient (Wildman–Crippen LogP) is 5.30. The number of halogens is 1. The van der Waals surface area contributed by atoms with Gasteiger partial charge in [0.05, 0.1) is 12.2 Å². The summed E-state index contributed by atoms with van der Waals surface area (Å²) in [5, 5.41) is 14.9. The zero-order valence-electron chi connectivity index (χ0n) is 19.8. The lowest BCUT2D eigenvalue weighted by Gasteiger charge is -2.10. The van der Waals surface area contributed by atoms with E-state index in [0.717, 1.165) is 60.1 Å². The van der Waals surface area contributed by atoms with Crippen molar-refractivity contribution in [3.05, 3.63) is 69.6 Å². The van der Waals surface area contributed by atoms with Crippen LogP contribution in [0.3, 0.4) is 0 Å². The van der Waals surface area contributed by atoms with Crippen molar-refractivity contribution in [3.8, 4) is 22.5 Å². The van der Waals surface area contributed by atoms with E-state index in [-0.39, 0.29) is 11.7 Å². The summed E-state index contributed by atoms with van der Waals surface area (Å²) in [6, 6.07) is 10.1. The second-order valence-electron chi connectivity index (χ2n) is 8.54. The predicted molar refractivity (Wildman–Crippen MR) is 134 cm³/mol. The Morgan fingerprint density at radius 1 is 1.09 bits per heavy atom. The molecule has 0 fully saturated rings. The van der Waals surface area contributed by atoms with Crippen LogP contribution in [0.2, 0.25) is 5.15 Å². The van der Waals surface area contributed by atoms with E-state index in [9.17, 15) is 4.79 Å². The maximum Gasteiger partial charge on any atom is 0.330 e. The largest absolute Gasteiger partial charge is 0.330 e. The Morgan fingerprint density at radius 3 is 2.56 bits per heavy atom. The number of nitrogens with one attached hydrogen (secondary N) is 1. The number of pyridine rings is 1. The zero-order valence-corrected chi connectivity index (χ0v) is 20.6. The van der Waals surface area contributed by atoms with Crippen molar-refractivity contribution < 1.29 is 0 Å². The topological polar surface area (TPSA) is 94.3 Å². The summed E-state index contributed by atoms with van der Waals surface area (Å²) in [5.74, 6) is 0.519. The molecule has 4 aromatic rings. The number of nitrogens with zero attached hydrogens (tertiary/aromatic N) is 6. The van der Waals surface area contributed by atoms with Crippen molar-refractivity contribution in [1.82, 2.24) is 34.7 Å². The lowest BCUT2D eigenvalue weighted by atomic mass is 10.0. The standard InChI is InChI=1S/C25H30ClN7O/c1-4-6-7-8-22-23(26)33(17(3)5-2)25(34)32(22)16-18-9-11-19(12-10-18)21-15-27-14-13-20(21)24-28-30-31-29-24/h9-15,17H,4-8,16H2,1-3H3,(H,28,29,30,31). The minimum absolute atomic E-state index is 0.0402. The number of aromatic nitrogens is 7. The first-order valence-corrected chi connectivity index (χ1v) is 12.2. The number of imidazole rings is 1. The van der Waals surface area contributed by atoms with E-state index in [4.69, 9.17) is 11.6 Å². The molecule has 4 rings (SSSR count). The second-order valence-corrected chi connectivity index (χ2v) is 8.90. The summed E-state index contributed by atoms with van der Waals surface area (Å²) < 4.78 is 3.58. The SMILES string of the molecule is CCCCCc1c(Cl)n(C(C)CC)c(=O)n1Cc1ccc(-c2cnccc2-c2nn[nH]n2)cc1. The zero-order chi connectivity index (χ0) is 24.1. The molecular weight excluding hydrogens is 450 g/mol. The molecule has 3 heterocycles. The molecule has 0 saturated heterocycles. The van der Waals surface area contributed by atoms with Crippen LogP contribution in [0.15, 0.2) is 47.5 Å². The molecule has 0 radical (unpaired) electrons. The molecule has 1 aromatic carbocycles. The highest BCUT2D eigenvalue weighted by Gasteiger charge is 2.21. The van der Waals surface area contributed by atoms with E-state index < -0.39 is 0 Å². The maximum atomic E-state index is 13.3. The monoisotopic (exact) mass is 479 g/mol. The third kappa shape index (κ3) is 4.82. The number of rotatable bonds is 10. The molecule has 3 aromatic heterocycles. The molecule has 1 N–H and O–H groups in total. The molecule has 1 atom stereocenters. The van der Waals surface area contributed by atoms with Gasteiger partial charge >= 0.3 is 5.69 Å². The molecule has 1 unspecified atom stereocenters. The molecule has 0 aliphatic heterocycles. The van der Waals surface area contributed by atoms with E-state index >= 15 is 0 Å². The smallest absolute Gasteiger partial charge is 0.290 e. The van der Waals surface area contributed by atoms with Crippen LogP contribution >= 0.6 is 11.6 Å². The first kappa shape index (κ1) is 23.9. The van der Waals surface area contributed by atoms with Gasteiger partial charge in [-0.05, 0) is 48.6 Å². The number of benzene rings is 1. The summed E-state index contributed by atoms with van der Waals surface area (Å²) in [5.41, 5.74) is 4.67. The molecule has 178 valence electrons. The van der Waals surface area contributed by atoms with Gasteiger partial charge in [-0.2, -0.15) is 5.21 Å². The van der Waals surface area contributed by atoms with Crippen LogP contribution in [0.5, 0.6) is 0 Å². The lowest BCUT2D eigenvalue weighted by molar-refractivity contribution is 0.505. The molecule has 9 heteroatoms. The summed E-state index contributed by atoms with van der Waals surface area (Å²) in [6.07, 6.45) is 8.40. The van der Waals surface area contributed by atoms with Gasteiger partial charge in [0.1, 0.15) is 5.15 Å². The van der Waals surface area contributed by atoms with E-state index in [1.54, 1.807) is 17.0 Å². The highest BCUT2D eigenvalue weighted by atomic mass is 35.5. The average Bonchev–Trinajstić information content (AvgIpc) is 3.47. The fourth-order valence-electron chi connectivity index (χ4n) is 4.16. The van der Waals surface area contributed by atoms with Gasteiger partial charge in [0.15, 0.2) is 0 Å². The van der Waals surface area contributed by atoms with Gasteiger partial charge in [-0.1, -0.05) is 62.6 Å². The van der Waals surface area contributed by atoms with Crippen LogP contribution in [0.25, 0.3) is 22.5 Å². The van der Waals surface area contributed by atoms with Crippen LogP contribution in [-0.2, 0) is 13.0 Å². The number of aromatic amines is 1. The molecule has 0 amide bonds. The quantitative estimate of drug-likeness (QED) is 0.311. The van der Waals surface area contributed by atoms with E-state index in [2.05, 4.69) is 39.5 Å². The van der Waals surface area contributed by atoms with Crippen LogP contribution in [-0.4, -0.2) is 34.7 Å². The van der Waals surface area contributed by atoms with Gasteiger partial charge in [-0.25, -0.2) is 4.79 Å². The third-order valence-electron chi connectivity index (χ3n) is 6.27. The first-order valence-electron chi connectivity index (χ1n) is 11.8. The van der Waals surface area contributed by atoms with Crippen LogP contribution < -0.4 is 5.69 Å². The Hall–Kier alpha value is -3.26. The summed E-state index contributed by atoms with van der Waals surface area (Å²) in [4.78, 5) is 17.6. The Morgan fingerprint density at radius 2 is 1.88 bits per heavy atom. The van der Waals surface area contributed by atoms with Crippen LogP contribution in [0.1, 0.15) is 63.8 Å². The van der Waals surface area contributed by atoms with Crippen molar-refractivity contribution in [2.24, 2.45) is 0 Å². The number of hydrogen-bond donors (Lipinski definition) is 1. The number of tetrazole rings is 1. The number of hydrogen-bond acceptors (Lipinski definition) is 5. The molecule has 0 spiro atoms. The van der Waals surface area contributed by atoms with Gasteiger partial charge < -0.3 is 0 Å². The molecule has 0 aliphatic rings. The normalized spacial score (nSPS) is 12.2. The Kier molecular flexibility index (Phi) is 7.57. The number of unbranched alkanes of at least 4 members (excludes halogenated alkanes) is 2. The van der Waals surface area contributed by atoms with Gasteiger partial charge in [0.25, 0.3) is 0 Å². The molecule has 34 heavy (non-hydrogen) atoms. The third-order valence-corrected chi connectivity index (χ3v) is 6.67. The summed E-state index contributed by atoms with van der Waals surface area (Å²) in [7, 11) is 0. The van der Waals surface area contributed by atoms with Gasteiger partial charge in [0, 0.05) is 29.6 Å². The van der Waals surface area contributed by atoms with Crippen molar-refractivity contribution in [2.45, 2.75) is 65.5 Å². The van der Waals surface area contributed by atoms with Crippen molar-refractivity contribution in [2.75, 3.05) is 0 Å². The molecular formula is C25H30ClN7O. The van der Waals surface area contributed by atoms with E-state index in [1.807, 2.05) is 41.8 Å². The second kappa shape index (κ2) is 10.8. The minimum Gasteiger partial charge on any atom is -0.290 e. The fraction of sp³-hybridized carbons (Fsp3) is 0.400. The van der Waals surface area contributed by atoms with E-state index in [1.165, 1.54) is 0 Å². The van der Waals surface area contributed by atoms with Crippen molar-refractivity contribution in [3.63, 3.8) is 0 Å². The van der Waals surface area contributed by atoms with Crippen molar-refractivity contribution in [1.29, 1.82) is 0 Å². The lowest BCUT2D eigenvalue weighted by Crippen LogP contribution is -2.27. The van der Waals surface area contributed by atoms with Crippen LogP contribution in [0, 0.1) is 0 Å². The molecule has 0 bridgehead atoms. The Labute approximate surface area is 204 Å². The average molecular weight is 480 g/mol. The highest BCUT2D eigenvalue weighted by molar-refractivity contribution is 6.30. The molecule has 0 aliphatic carbocycles.